The number of aromatic nitrogens is 2. The van der Waals surface area contributed by atoms with E-state index in [1.807, 2.05) is 24.4 Å². The molecule has 0 spiro atoms. The fraction of sp³-hybridized carbons (Fsp3) is 0.429. The van der Waals surface area contributed by atoms with Crippen LogP contribution in [-0.4, -0.2) is 53.6 Å². The predicted molar refractivity (Wildman–Crippen MR) is 103 cm³/mol. The lowest BCUT2D eigenvalue weighted by molar-refractivity contribution is 0.251. The van der Waals surface area contributed by atoms with Gasteiger partial charge in [0.2, 0.25) is 0 Å². The van der Waals surface area contributed by atoms with Gasteiger partial charge in [-0.15, -0.1) is 0 Å². The quantitative estimate of drug-likeness (QED) is 0.829. The van der Waals surface area contributed by atoms with E-state index in [0.29, 0.717) is 12.6 Å². The molecule has 136 valence electrons. The lowest BCUT2D eigenvalue weighted by atomic mass is 10.1. The zero-order chi connectivity index (χ0) is 17.9. The van der Waals surface area contributed by atoms with Gasteiger partial charge in [0.25, 0.3) is 0 Å². The smallest absolute Gasteiger partial charge is 0.145 e. The Hall–Kier alpha value is -2.24. The van der Waals surface area contributed by atoms with Crippen LogP contribution in [0.4, 0.5) is 0 Å². The van der Waals surface area contributed by atoms with Crippen LogP contribution in [0.5, 0.6) is 5.75 Å². The molecule has 0 N–H and O–H groups in total. The fourth-order valence-electron chi connectivity index (χ4n) is 3.81. The third-order valence-electron chi connectivity index (χ3n) is 4.97. The van der Waals surface area contributed by atoms with Crippen LogP contribution in [0.15, 0.2) is 42.1 Å². The lowest BCUT2D eigenvalue weighted by Crippen LogP contribution is -2.29. The number of para-hydroxylation sites is 1. The second-order valence-corrected chi connectivity index (χ2v) is 7.40. The molecule has 5 nitrogen and oxygen atoms in total. The molecule has 0 aliphatic carbocycles. The molecule has 26 heavy (non-hydrogen) atoms. The Kier molecular flexibility index (Phi) is 5.00. The highest BCUT2D eigenvalue weighted by Gasteiger charge is 2.29. The zero-order valence-electron chi connectivity index (χ0n) is 15.6. The van der Waals surface area contributed by atoms with Gasteiger partial charge in [-0.1, -0.05) is 18.2 Å². The molecule has 0 saturated carbocycles. The van der Waals surface area contributed by atoms with E-state index >= 15 is 0 Å². The van der Waals surface area contributed by atoms with Crippen LogP contribution in [0.1, 0.15) is 36.0 Å². The van der Waals surface area contributed by atoms with Gasteiger partial charge in [0.1, 0.15) is 18.2 Å². The molecule has 3 heterocycles. The molecule has 0 bridgehead atoms. The maximum absolute atomic E-state index is 5.92. The Labute approximate surface area is 155 Å². The van der Waals surface area contributed by atoms with Crippen LogP contribution < -0.4 is 4.74 Å². The summed E-state index contributed by atoms with van der Waals surface area (Å²) >= 11 is 0. The van der Waals surface area contributed by atoms with Crippen LogP contribution >= 0.6 is 0 Å². The van der Waals surface area contributed by atoms with Crippen LogP contribution in [-0.2, 0) is 6.54 Å². The second-order valence-electron chi connectivity index (χ2n) is 7.40. The number of hydrogen-bond acceptors (Lipinski definition) is 5. The van der Waals surface area contributed by atoms with Crippen LogP contribution in [0.2, 0.25) is 0 Å². The molecule has 1 aromatic carbocycles. The van der Waals surface area contributed by atoms with Crippen molar-refractivity contribution >= 4 is 6.08 Å². The lowest BCUT2D eigenvalue weighted by Gasteiger charge is -2.27. The minimum absolute atomic E-state index is 0.301. The Bertz CT molecular complexity index is 802. The monoisotopic (exact) mass is 350 g/mol. The van der Waals surface area contributed by atoms with Crippen molar-refractivity contribution in [2.45, 2.75) is 25.4 Å². The topological polar surface area (TPSA) is 41.5 Å². The summed E-state index contributed by atoms with van der Waals surface area (Å²) in [4.78, 5) is 14.1. The largest absolute Gasteiger partial charge is 0.489 e. The summed E-state index contributed by atoms with van der Waals surface area (Å²) in [5.41, 5.74) is 3.58. The number of benzene rings is 1. The molecular weight excluding hydrogens is 324 g/mol. The van der Waals surface area contributed by atoms with E-state index in [9.17, 15) is 0 Å². The molecule has 1 aromatic heterocycles. The summed E-state index contributed by atoms with van der Waals surface area (Å²) < 4.78 is 5.92. The van der Waals surface area contributed by atoms with Crippen molar-refractivity contribution in [2.75, 3.05) is 33.8 Å². The highest BCUT2D eigenvalue weighted by molar-refractivity contribution is 5.62. The molecule has 5 heteroatoms. The van der Waals surface area contributed by atoms with Crippen molar-refractivity contribution in [3.8, 4) is 5.75 Å². The van der Waals surface area contributed by atoms with E-state index in [1.54, 1.807) is 0 Å². The van der Waals surface area contributed by atoms with Crippen LogP contribution in [0, 0.1) is 0 Å². The molecular formula is C21H26N4O. The summed E-state index contributed by atoms with van der Waals surface area (Å²) in [6.45, 7) is 3.52. The van der Waals surface area contributed by atoms with Gasteiger partial charge in [-0.05, 0) is 57.3 Å². The van der Waals surface area contributed by atoms with E-state index in [4.69, 9.17) is 9.72 Å². The maximum Gasteiger partial charge on any atom is 0.145 e. The first-order valence-electron chi connectivity index (χ1n) is 9.31. The van der Waals surface area contributed by atoms with Crippen molar-refractivity contribution in [3.05, 3.63) is 59.2 Å². The number of nitrogens with zero attached hydrogens (tertiary/aromatic N) is 4. The summed E-state index contributed by atoms with van der Waals surface area (Å²) in [6, 6.07) is 10.5. The third-order valence-corrected chi connectivity index (χ3v) is 4.97. The second kappa shape index (κ2) is 7.56. The number of fused-ring (bicyclic) bond motifs is 1. The number of hydrogen-bond donors (Lipinski definition) is 0. The molecule has 1 atom stereocenters. The predicted octanol–water partition coefficient (Wildman–Crippen LogP) is 3.15. The Balaban J connectivity index is 1.50. The molecule has 2 aliphatic rings. The summed E-state index contributed by atoms with van der Waals surface area (Å²) in [6.07, 6.45) is 6.49. The van der Waals surface area contributed by atoms with Gasteiger partial charge >= 0.3 is 0 Å². The van der Waals surface area contributed by atoms with E-state index in [2.05, 4.69) is 47.1 Å². The number of ether oxygens (including phenoxy) is 1. The maximum atomic E-state index is 5.92. The Morgan fingerprint density at radius 2 is 2.12 bits per heavy atom. The van der Waals surface area contributed by atoms with Gasteiger partial charge in [-0.2, -0.15) is 0 Å². The Morgan fingerprint density at radius 3 is 3.00 bits per heavy atom. The minimum atomic E-state index is 0.301. The molecule has 0 radical (unpaired) electrons. The van der Waals surface area contributed by atoms with Crippen molar-refractivity contribution in [2.24, 2.45) is 0 Å². The van der Waals surface area contributed by atoms with Crippen molar-refractivity contribution in [3.63, 3.8) is 0 Å². The zero-order valence-corrected chi connectivity index (χ0v) is 15.6. The highest BCUT2D eigenvalue weighted by Crippen LogP contribution is 2.32. The van der Waals surface area contributed by atoms with Gasteiger partial charge in [0.15, 0.2) is 0 Å². The highest BCUT2D eigenvalue weighted by atomic mass is 16.5. The normalized spacial score (nSPS) is 20.0. The van der Waals surface area contributed by atoms with Gasteiger partial charge in [-0.25, -0.2) is 9.97 Å². The average Bonchev–Trinajstić information content (AvgIpc) is 3.09. The third kappa shape index (κ3) is 3.79. The fourth-order valence-corrected chi connectivity index (χ4v) is 3.81. The van der Waals surface area contributed by atoms with Crippen molar-refractivity contribution in [1.29, 1.82) is 0 Å². The van der Waals surface area contributed by atoms with Gasteiger partial charge in [0, 0.05) is 24.8 Å². The molecule has 1 unspecified atom stereocenters. The van der Waals surface area contributed by atoms with E-state index in [1.165, 1.54) is 17.6 Å². The first-order valence-corrected chi connectivity index (χ1v) is 9.31. The van der Waals surface area contributed by atoms with Gasteiger partial charge < -0.3 is 9.64 Å². The van der Waals surface area contributed by atoms with Crippen LogP contribution in [0.25, 0.3) is 6.08 Å². The summed E-state index contributed by atoms with van der Waals surface area (Å²) in [7, 11) is 4.13. The summed E-state index contributed by atoms with van der Waals surface area (Å²) in [5, 5.41) is 0. The molecule has 1 fully saturated rings. The SMILES string of the molecule is CN(C)Cc1ccnc(C2CCCN2CC2=Cc3ccccc3OC2)n1. The molecule has 2 aliphatic heterocycles. The van der Waals surface area contributed by atoms with Crippen molar-refractivity contribution in [1.82, 2.24) is 19.8 Å². The van der Waals surface area contributed by atoms with Gasteiger partial charge in [-0.3, -0.25) is 4.90 Å². The number of likely N-dealkylation sites (tertiary alicyclic amines) is 1. The molecule has 2 aromatic rings. The Morgan fingerprint density at radius 1 is 1.23 bits per heavy atom. The molecule has 1 saturated heterocycles. The standard InChI is InChI=1S/C21H26N4O/c1-24(2)14-18-9-10-22-21(23-18)19-7-5-11-25(19)13-16-12-17-6-3-4-8-20(17)26-15-16/h3-4,6,8-10,12,19H,5,7,11,13-15H2,1-2H3. The first kappa shape index (κ1) is 17.2. The average molecular weight is 350 g/mol. The minimum Gasteiger partial charge on any atom is -0.489 e. The van der Waals surface area contributed by atoms with E-state index in [-0.39, 0.29) is 0 Å². The van der Waals surface area contributed by atoms with E-state index < -0.39 is 0 Å². The first-order chi connectivity index (χ1) is 12.7. The van der Waals surface area contributed by atoms with Gasteiger partial charge in [0.05, 0.1) is 11.7 Å². The van der Waals surface area contributed by atoms with E-state index in [0.717, 1.165) is 43.3 Å². The molecule has 0 amide bonds. The number of rotatable bonds is 5. The molecule has 4 rings (SSSR count). The summed E-state index contributed by atoms with van der Waals surface area (Å²) in [5.74, 6) is 1.94. The van der Waals surface area contributed by atoms with Crippen molar-refractivity contribution < 1.29 is 4.74 Å². The van der Waals surface area contributed by atoms with Crippen LogP contribution in [0.3, 0.4) is 0 Å².